The Labute approximate surface area is 157 Å². The lowest BCUT2D eigenvalue weighted by molar-refractivity contribution is 0.0858. The summed E-state index contributed by atoms with van der Waals surface area (Å²) in [6, 6.07) is 12.2. The summed E-state index contributed by atoms with van der Waals surface area (Å²) in [6.45, 7) is 2.37. The SMILES string of the molecule is CC(=O)c1cccc(NC(=O)N2CCC(C(=O)c3cccc(F)c3)CC2)c1. The van der Waals surface area contributed by atoms with Gasteiger partial charge in [-0.2, -0.15) is 0 Å². The summed E-state index contributed by atoms with van der Waals surface area (Å²) in [7, 11) is 0. The van der Waals surface area contributed by atoms with Gasteiger partial charge in [0.2, 0.25) is 0 Å². The average molecular weight is 368 g/mol. The van der Waals surface area contributed by atoms with Gasteiger partial charge in [0.05, 0.1) is 0 Å². The van der Waals surface area contributed by atoms with E-state index in [9.17, 15) is 18.8 Å². The second kappa shape index (κ2) is 8.12. The van der Waals surface area contributed by atoms with Crippen LogP contribution in [0.2, 0.25) is 0 Å². The fraction of sp³-hybridized carbons (Fsp3) is 0.286. The summed E-state index contributed by atoms with van der Waals surface area (Å²) in [4.78, 5) is 38.0. The standard InChI is InChI=1S/C21H21FN2O3/c1-14(25)16-4-3-7-19(13-16)23-21(27)24-10-8-15(9-11-24)20(26)17-5-2-6-18(22)12-17/h2-7,12-13,15H,8-11H2,1H3,(H,23,27). The van der Waals surface area contributed by atoms with Crippen molar-refractivity contribution in [2.75, 3.05) is 18.4 Å². The van der Waals surface area contributed by atoms with E-state index >= 15 is 0 Å². The number of rotatable bonds is 4. The third-order valence-corrected chi connectivity index (χ3v) is 4.78. The smallest absolute Gasteiger partial charge is 0.321 e. The quantitative estimate of drug-likeness (QED) is 0.824. The molecule has 27 heavy (non-hydrogen) atoms. The molecule has 2 aromatic rings. The molecule has 1 aliphatic heterocycles. The van der Waals surface area contributed by atoms with E-state index in [1.165, 1.54) is 25.1 Å². The first-order valence-corrected chi connectivity index (χ1v) is 8.91. The van der Waals surface area contributed by atoms with Crippen molar-refractivity contribution in [2.45, 2.75) is 19.8 Å². The van der Waals surface area contributed by atoms with Crippen LogP contribution in [0.5, 0.6) is 0 Å². The lowest BCUT2D eigenvalue weighted by Crippen LogP contribution is -2.42. The predicted molar refractivity (Wildman–Crippen MR) is 100 cm³/mol. The van der Waals surface area contributed by atoms with Gasteiger partial charge in [-0.1, -0.05) is 24.3 Å². The zero-order chi connectivity index (χ0) is 19.4. The number of halogens is 1. The third kappa shape index (κ3) is 4.58. The van der Waals surface area contributed by atoms with Crippen molar-refractivity contribution in [1.82, 2.24) is 4.90 Å². The van der Waals surface area contributed by atoms with Crippen LogP contribution in [0.4, 0.5) is 14.9 Å². The van der Waals surface area contributed by atoms with Crippen molar-refractivity contribution < 1.29 is 18.8 Å². The number of amides is 2. The highest BCUT2D eigenvalue weighted by atomic mass is 19.1. The summed E-state index contributed by atoms with van der Waals surface area (Å²) in [5, 5.41) is 2.79. The van der Waals surface area contributed by atoms with Crippen molar-refractivity contribution >= 4 is 23.3 Å². The number of hydrogen-bond acceptors (Lipinski definition) is 3. The Morgan fingerprint density at radius 3 is 2.33 bits per heavy atom. The molecule has 6 heteroatoms. The first-order chi connectivity index (χ1) is 12.9. The molecule has 1 fully saturated rings. The lowest BCUT2D eigenvalue weighted by Gasteiger charge is -2.31. The van der Waals surface area contributed by atoms with Crippen LogP contribution in [0.15, 0.2) is 48.5 Å². The van der Waals surface area contributed by atoms with Gasteiger partial charge < -0.3 is 10.2 Å². The molecule has 2 amide bonds. The Hall–Kier alpha value is -3.02. The molecular formula is C21H21FN2O3. The minimum absolute atomic E-state index is 0.0669. The van der Waals surface area contributed by atoms with E-state index in [0.717, 1.165) is 0 Å². The van der Waals surface area contributed by atoms with E-state index < -0.39 is 5.82 Å². The zero-order valence-corrected chi connectivity index (χ0v) is 15.1. The van der Waals surface area contributed by atoms with Crippen LogP contribution in [0, 0.1) is 11.7 Å². The maximum absolute atomic E-state index is 13.3. The molecule has 0 saturated carbocycles. The van der Waals surface area contributed by atoms with Crippen molar-refractivity contribution in [2.24, 2.45) is 5.92 Å². The largest absolute Gasteiger partial charge is 0.324 e. The van der Waals surface area contributed by atoms with Crippen LogP contribution >= 0.6 is 0 Å². The number of urea groups is 1. The van der Waals surface area contributed by atoms with E-state index in [1.54, 1.807) is 35.2 Å². The molecule has 0 spiro atoms. The van der Waals surface area contributed by atoms with Crippen LogP contribution in [0.25, 0.3) is 0 Å². The highest BCUT2D eigenvalue weighted by Gasteiger charge is 2.28. The Kier molecular flexibility index (Phi) is 5.64. The molecule has 0 aromatic heterocycles. The predicted octanol–water partition coefficient (Wildman–Crippen LogP) is 4.16. The number of nitrogens with one attached hydrogen (secondary N) is 1. The van der Waals surface area contributed by atoms with Gasteiger partial charge in [-0.15, -0.1) is 0 Å². The van der Waals surface area contributed by atoms with Crippen molar-refractivity contribution in [3.05, 3.63) is 65.5 Å². The van der Waals surface area contributed by atoms with Crippen LogP contribution in [0.1, 0.15) is 40.5 Å². The fourth-order valence-corrected chi connectivity index (χ4v) is 3.24. The van der Waals surface area contributed by atoms with Gasteiger partial charge in [-0.05, 0) is 44.0 Å². The monoisotopic (exact) mass is 368 g/mol. The number of Topliss-reactive ketones (excluding diaryl/α,β-unsaturated/α-hetero) is 2. The molecule has 2 aromatic carbocycles. The van der Waals surface area contributed by atoms with Crippen molar-refractivity contribution in [1.29, 1.82) is 0 Å². The molecule has 0 bridgehead atoms. The minimum Gasteiger partial charge on any atom is -0.324 e. The Morgan fingerprint density at radius 2 is 1.67 bits per heavy atom. The summed E-state index contributed by atoms with van der Waals surface area (Å²) < 4.78 is 13.3. The third-order valence-electron chi connectivity index (χ3n) is 4.78. The Balaban J connectivity index is 1.57. The molecule has 0 radical (unpaired) electrons. The second-order valence-corrected chi connectivity index (χ2v) is 6.70. The fourth-order valence-electron chi connectivity index (χ4n) is 3.24. The number of anilines is 1. The molecule has 3 rings (SSSR count). The molecule has 0 atom stereocenters. The maximum Gasteiger partial charge on any atom is 0.321 e. The van der Waals surface area contributed by atoms with Crippen molar-refractivity contribution in [3.63, 3.8) is 0 Å². The van der Waals surface area contributed by atoms with Crippen LogP contribution in [0.3, 0.4) is 0 Å². The zero-order valence-electron chi connectivity index (χ0n) is 15.1. The first kappa shape index (κ1) is 18.8. The highest BCUT2D eigenvalue weighted by Crippen LogP contribution is 2.23. The molecule has 1 N–H and O–H groups in total. The topological polar surface area (TPSA) is 66.5 Å². The summed E-state index contributed by atoms with van der Waals surface area (Å²) in [5.74, 6) is -0.783. The van der Waals surface area contributed by atoms with Crippen LogP contribution in [-0.4, -0.2) is 35.6 Å². The molecular weight excluding hydrogens is 347 g/mol. The van der Waals surface area contributed by atoms with Crippen molar-refractivity contribution in [3.8, 4) is 0 Å². The van der Waals surface area contributed by atoms with E-state index in [2.05, 4.69) is 5.32 Å². The molecule has 1 aliphatic rings. The normalized spacial score (nSPS) is 14.7. The Morgan fingerprint density at radius 1 is 1.00 bits per heavy atom. The molecule has 0 aliphatic carbocycles. The Bertz CT molecular complexity index is 873. The number of benzene rings is 2. The average Bonchev–Trinajstić information content (AvgIpc) is 2.67. The first-order valence-electron chi connectivity index (χ1n) is 8.91. The van der Waals surface area contributed by atoms with Gasteiger partial charge in [0, 0.05) is 35.8 Å². The number of ketones is 2. The van der Waals surface area contributed by atoms with Crippen LogP contribution in [-0.2, 0) is 0 Å². The van der Waals surface area contributed by atoms with Gasteiger partial charge >= 0.3 is 6.03 Å². The number of carbonyl (C=O) groups is 3. The number of nitrogens with zero attached hydrogens (tertiary/aromatic N) is 1. The second-order valence-electron chi connectivity index (χ2n) is 6.70. The molecule has 1 heterocycles. The lowest BCUT2D eigenvalue weighted by atomic mass is 9.89. The number of carbonyl (C=O) groups excluding carboxylic acids is 3. The highest BCUT2D eigenvalue weighted by molar-refractivity contribution is 5.98. The molecule has 1 saturated heterocycles. The van der Waals surface area contributed by atoms with E-state index in [-0.39, 0.29) is 23.5 Å². The molecule has 5 nitrogen and oxygen atoms in total. The van der Waals surface area contributed by atoms with E-state index in [4.69, 9.17) is 0 Å². The maximum atomic E-state index is 13.3. The van der Waals surface area contributed by atoms with Gasteiger partial charge in [0.15, 0.2) is 11.6 Å². The number of likely N-dealkylation sites (tertiary alicyclic amines) is 1. The number of piperidine rings is 1. The summed E-state index contributed by atoms with van der Waals surface area (Å²) in [6.07, 6.45) is 1.08. The van der Waals surface area contributed by atoms with E-state index in [0.29, 0.717) is 42.7 Å². The van der Waals surface area contributed by atoms with Gasteiger partial charge in [-0.3, -0.25) is 9.59 Å². The summed E-state index contributed by atoms with van der Waals surface area (Å²) in [5.41, 5.74) is 1.47. The number of hydrogen-bond donors (Lipinski definition) is 1. The van der Waals surface area contributed by atoms with Gasteiger partial charge in [0.25, 0.3) is 0 Å². The summed E-state index contributed by atoms with van der Waals surface area (Å²) >= 11 is 0. The van der Waals surface area contributed by atoms with E-state index in [1.807, 2.05) is 0 Å². The molecule has 0 unspecified atom stereocenters. The minimum atomic E-state index is -0.426. The van der Waals surface area contributed by atoms with Gasteiger partial charge in [0.1, 0.15) is 5.82 Å². The van der Waals surface area contributed by atoms with Crippen LogP contribution < -0.4 is 5.32 Å². The molecule has 140 valence electrons. The van der Waals surface area contributed by atoms with Gasteiger partial charge in [-0.25, -0.2) is 9.18 Å².